The lowest BCUT2D eigenvalue weighted by atomic mass is 10.0. The van der Waals surface area contributed by atoms with Crippen LogP contribution in [-0.2, 0) is 4.79 Å². The number of hydrogen-bond acceptors (Lipinski definition) is 4. The molecule has 2 aliphatic rings. The Labute approximate surface area is 137 Å². The van der Waals surface area contributed by atoms with Crippen LogP contribution in [0.4, 0.5) is 13.2 Å². The molecule has 24 heavy (non-hydrogen) atoms. The zero-order chi connectivity index (χ0) is 17.3. The highest BCUT2D eigenvalue weighted by Gasteiger charge is 2.47. The maximum Gasteiger partial charge on any atom is 0.408 e. The molecule has 5 nitrogen and oxygen atoms in total. The zero-order valence-electron chi connectivity index (χ0n) is 13.1. The third-order valence-corrected chi connectivity index (χ3v) is 4.17. The van der Waals surface area contributed by atoms with Gasteiger partial charge in [0.1, 0.15) is 11.8 Å². The summed E-state index contributed by atoms with van der Waals surface area (Å²) in [5.41, 5.74) is 0. The molecular weight excluding hydrogens is 327 g/mol. The maximum absolute atomic E-state index is 13.1. The summed E-state index contributed by atoms with van der Waals surface area (Å²) in [5, 5.41) is 0. The minimum absolute atomic E-state index is 0.0635. The van der Waals surface area contributed by atoms with Crippen molar-refractivity contribution in [3.05, 3.63) is 18.2 Å². The first-order chi connectivity index (χ1) is 11.4. The molecule has 0 radical (unpaired) electrons. The van der Waals surface area contributed by atoms with Crippen LogP contribution in [0.5, 0.6) is 17.2 Å². The molecule has 1 fully saturated rings. The number of nitrogens with zero attached hydrogens (tertiary/aromatic N) is 1. The Kier molecular flexibility index (Phi) is 4.47. The molecule has 2 unspecified atom stereocenters. The van der Waals surface area contributed by atoms with Crippen molar-refractivity contribution in [1.29, 1.82) is 0 Å². The molecule has 132 valence electrons. The van der Waals surface area contributed by atoms with Gasteiger partial charge in [0, 0.05) is 12.6 Å². The van der Waals surface area contributed by atoms with Crippen molar-refractivity contribution in [1.82, 2.24) is 4.90 Å². The average Bonchev–Trinajstić information content (AvgIpc) is 3.01. The first kappa shape index (κ1) is 16.7. The molecule has 0 spiro atoms. The summed E-state index contributed by atoms with van der Waals surface area (Å²) in [5.74, 6) is 0.739. The molecule has 2 aliphatic heterocycles. The van der Waals surface area contributed by atoms with Gasteiger partial charge in [-0.2, -0.15) is 13.2 Å². The molecule has 1 aromatic carbocycles. The number of carbonyl (C=O) groups is 1. The summed E-state index contributed by atoms with van der Waals surface area (Å²) < 4.78 is 55.3. The van der Waals surface area contributed by atoms with Crippen LogP contribution >= 0.6 is 0 Å². The van der Waals surface area contributed by atoms with Crippen LogP contribution in [0, 0.1) is 0 Å². The van der Waals surface area contributed by atoms with Crippen LogP contribution in [-0.4, -0.2) is 42.5 Å². The monoisotopic (exact) mass is 345 g/mol. The Morgan fingerprint density at radius 2 is 2.04 bits per heavy atom. The highest BCUT2D eigenvalue weighted by atomic mass is 19.4. The Hall–Kier alpha value is -2.12. The minimum Gasteiger partial charge on any atom is -0.481 e. The summed E-state index contributed by atoms with van der Waals surface area (Å²) in [6, 6.07) is 3.05. The predicted molar refractivity (Wildman–Crippen MR) is 78.1 cm³/mol. The SMILES string of the molecule is CC(Oc1ccc2c(c1)OCO2)C(=O)N1CCCCC1C(F)(F)F. The van der Waals surface area contributed by atoms with Crippen molar-refractivity contribution < 1.29 is 32.2 Å². The second-order valence-corrected chi connectivity index (χ2v) is 5.86. The fourth-order valence-corrected chi connectivity index (χ4v) is 2.97. The molecule has 8 heteroatoms. The smallest absolute Gasteiger partial charge is 0.408 e. The number of likely N-dealkylation sites (tertiary alicyclic amines) is 1. The average molecular weight is 345 g/mol. The van der Waals surface area contributed by atoms with E-state index in [1.54, 1.807) is 18.2 Å². The summed E-state index contributed by atoms with van der Waals surface area (Å²) in [7, 11) is 0. The van der Waals surface area contributed by atoms with Crippen LogP contribution in [0.1, 0.15) is 26.2 Å². The van der Waals surface area contributed by atoms with Gasteiger partial charge in [-0.25, -0.2) is 0 Å². The van der Waals surface area contributed by atoms with E-state index in [2.05, 4.69) is 0 Å². The van der Waals surface area contributed by atoms with Crippen LogP contribution in [0.15, 0.2) is 18.2 Å². The number of ether oxygens (including phenoxy) is 3. The van der Waals surface area contributed by atoms with Gasteiger partial charge in [-0.05, 0) is 38.3 Å². The lowest BCUT2D eigenvalue weighted by Crippen LogP contribution is -2.54. The molecule has 2 atom stereocenters. The standard InChI is InChI=1S/C16H18F3NO4/c1-10(24-11-5-6-12-13(8-11)23-9-22-12)15(21)20-7-3-2-4-14(20)16(17,18)19/h5-6,8,10,14H,2-4,7,9H2,1H3. The van der Waals surface area contributed by atoms with E-state index in [0.29, 0.717) is 30.1 Å². The summed E-state index contributed by atoms with van der Waals surface area (Å²) >= 11 is 0. The van der Waals surface area contributed by atoms with Gasteiger partial charge in [0.25, 0.3) is 5.91 Å². The van der Waals surface area contributed by atoms with E-state index in [1.807, 2.05) is 0 Å². The number of benzene rings is 1. The quantitative estimate of drug-likeness (QED) is 0.845. The number of amides is 1. The van der Waals surface area contributed by atoms with Crippen LogP contribution in [0.25, 0.3) is 0 Å². The molecule has 0 N–H and O–H groups in total. The van der Waals surface area contributed by atoms with E-state index in [-0.39, 0.29) is 19.8 Å². The summed E-state index contributed by atoms with van der Waals surface area (Å²) in [6.45, 7) is 1.65. The van der Waals surface area contributed by atoms with Crippen molar-refractivity contribution in [2.75, 3.05) is 13.3 Å². The number of alkyl halides is 3. The second-order valence-electron chi connectivity index (χ2n) is 5.86. The van der Waals surface area contributed by atoms with Gasteiger partial charge in [0.15, 0.2) is 17.6 Å². The molecule has 0 saturated carbocycles. The number of hydrogen-bond donors (Lipinski definition) is 0. The predicted octanol–water partition coefficient (Wildman–Crippen LogP) is 3.13. The highest BCUT2D eigenvalue weighted by molar-refractivity contribution is 5.81. The van der Waals surface area contributed by atoms with Gasteiger partial charge in [0.05, 0.1) is 0 Å². The Morgan fingerprint density at radius 3 is 2.79 bits per heavy atom. The van der Waals surface area contributed by atoms with E-state index < -0.39 is 24.2 Å². The molecule has 0 bridgehead atoms. The zero-order valence-corrected chi connectivity index (χ0v) is 13.1. The topological polar surface area (TPSA) is 48.0 Å². The molecule has 0 aliphatic carbocycles. The lowest BCUT2D eigenvalue weighted by Gasteiger charge is -2.38. The van der Waals surface area contributed by atoms with E-state index in [9.17, 15) is 18.0 Å². The molecule has 2 heterocycles. The fourth-order valence-electron chi connectivity index (χ4n) is 2.97. The largest absolute Gasteiger partial charge is 0.481 e. The van der Waals surface area contributed by atoms with Gasteiger partial charge >= 0.3 is 6.18 Å². The fraction of sp³-hybridized carbons (Fsp3) is 0.562. The Morgan fingerprint density at radius 1 is 1.29 bits per heavy atom. The second kappa shape index (κ2) is 6.41. The highest BCUT2D eigenvalue weighted by Crippen LogP contribution is 2.36. The summed E-state index contributed by atoms with van der Waals surface area (Å²) in [6.07, 6.45) is -4.48. The number of halogens is 3. The third kappa shape index (κ3) is 3.37. The van der Waals surface area contributed by atoms with Crippen LogP contribution < -0.4 is 14.2 Å². The van der Waals surface area contributed by atoms with Crippen molar-refractivity contribution in [2.45, 2.75) is 44.5 Å². The minimum atomic E-state index is -4.42. The van der Waals surface area contributed by atoms with E-state index in [1.165, 1.54) is 6.92 Å². The van der Waals surface area contributed by atoms with Gasteiger partial charge in [-0.15, -0.1) is 0 Å². The summed E-state index contributed by atoms with van der Waals surface area (Å²) in [4.78, 5) is 13.3. The molecule has 1 aromatic rings. The van der Waals surface area contributed by atoms with E-state index in [0.717, 1.165) is 4.90 Å². The normalized spacial score (nSPS) is 21.5. The van der Waals surface area contributed by atoms with E-state index in [4.69, 9.17) is 14.2 Å². The van der Waals surface area contributed by atoms with Gasteiger partial charge in [-0.3, -0.25) is 4.79 Å². The molecule has 0 aromatic heterocycles. The molecule has 3 rings (SSSR count). The number of carbonyl (C=O) groups excluding carboxylic acids is 1. The van der Waals surface area contributed by atoms with Gasteiger partial charge < -0.3 is 19.1 Å². The number of piperidine rings is 1. The Balaban J connectivity index is 1.69. The van der Waals surface area contributed by atoms with E-state index >= 15 is 0 Å². The Bertz CT molecular complexity index is 620. The van der Waals surface area contributed by atoms with Crippen LogP contribution in [0.2, 0.25) is 0 Å². The van der Waals surface area contributed by atoms with Gasteiger partial charge in [-0.1, -0.05) is 0 Å². The number of rotatable bonds is 3. The molecule has 1 amide bonds. The van der Waals surface area contributed by atoms with Crippen molar-refractivity contribution in [3.8, 4) is 17.2 Å². The first-order valence-electron chi connectivity index (χ1n) is 7.80. The molecule has 1 saturated heterocycles. The maximum atomic E-state index is 13.1. The van der Waals surface area contributed by atoms with Gasteiger partial charge in [0.2, 0.25) is 6.79 Å². The van der Waals surface area contributed by atoms with Crippen molar-refractivity contribution in [3.63, 3.8) is 0 Å². The lowest BCUT2D eigenvalue weighted by molar-refractivity contribution is -0.198. The third-order valence-electron chi connectivity index (χ3n) is 4.17. The van der Waals surface area contributed by atoms with Crippen molar-refractivity contribution >= 4 is 5.91 Å². The van der Waals surface area contributed by atoms with Crippen LogP contribution in [0.3, 0.4) is 0 Å². The van der Waals surface area contributed by atoms with Crippen molar-refractivity contribution in [2.24, 2.45) is 0 Å². The number of fused-ring (bicyclic) bond motifs is 1. The molecular formula is C16H18F3NO4. The first-order valence-corrected chi connectivity index (χ1v) is 7.80.